The Morgan fingerprint density at radius 1 is 1.04 bits per heavy atom. The van der Waals surface area contributed by atoms with Crippen molar-refractivity contribution < 1.29 is 34.0 Å². The molecular formula is C21H22O7. The minimum atomic E-state index is -1.79. The Balaban J connectivity index is 2.01. The van der Waals surface area contributed by atoms with E-state index in [-0.39, 0.29) is 12.4 Å². The summed E-state index contributed by atoms with van der Waals surface area (Å²) in [4.78, 5) is 13.0. The second kappa shape index (κ2) is 6.12. The van der Waals surface area contributed by atoms with Crippen LogP contribution in [0.1, 0.15) is 35.3 Å². The number of fused-ring (bicyclic) bond motifs is 2. The van der Waals surface area contributed by atoms with E-state index >= 15 is 0 Å². The van der Waals surface area contributed by atoms with Crippen LogP contribution in [0.15, 0.2) is 30.3 Å². The summed E-state index contributed by atoms with van der Waals surface area (Å²) in [5.41, 5.74) is -2.47. The van der Waals surface area contributed by atoms with Gasteiger partial charge < -0.3 is 29.2 Å². The number of hydrogen-bond acceptors (Lipinski definition) is 7. The molecule has 0 saturated carbocycles. The molecule has 0 radical (unpaired) electrons. The number of methoxy groups -OCH3 is 2. The second-order valence-corrected chi connectivity index (χ2v) is 7.29. The van der Waals surface area contributed by atoms with Gasteiger partial charge in [0.15, 0.2) is 28.8 Å². The average molecular weight is 386 g/mol. The van der Waals surface area contributed by atoms with E-state index < -0.39 is 22.9 Å². The zero-order valence-electron chi connectivity index (χ0n) is 16.1. The third-order valence-corrected chi connectivity index (χ3v) is 5.92. The molecule has 28 heavy (non-hydrogen) atoms. The molecule has 0 spiro atoms. The highest BCUT2D eigenvalue weighted by Gasteiger charge is 2.56. The molecule has 0 bridgehead atoms. The Morgan fingerprint density at radius 2 is 1.68 bits per heavy atom. The van der Waals surface area contributed by atoms with Crippen LogP contribution in [0.3, 0.4) is 0 Å². The van der Waals surface area contributed by atoms with Gasteiger partial charge in [-0.3, -0.25) is 4.79 Å². The van der Waals surface area contributed by atoms with Crippen LogP contribution in [0, 0.1) is 5.92 Å². The van der Waals surface area contributed by atoms with Gasteiger partial charge in [0.25, 0.3) is 0 Å². The molecule has 2 aliphatic rings. The number of carbonyl (C=O) groups excluding carboxylic acids is 1. The summed E-state index contributed by atoms with van der Waals surface area (Å²) >= 11 is 0. The number of ketones is 1. The summed E-state index contributed by atoms with van der Waals surface area (Å²) in [7, 11) is 2.94. The zero-order valence-corrected chi connectivity index (χ0v) is 16.1. The van der Waals surface area contributed by atoms with Crippen molar-refractivity contribution in [2.45, 2.75) is 25.0 Å². The molecule has 2 aromatic carbocycles. The van der Waals surface area contributed by atoms with Gasteiger partial charge in [0.1, 0.15) is 11.2 Å². The molecule has 1 aliphatic carbocycles. The van der Waals surface area contributed by atoms with Crippen LogP contribution < -0.4 is 18.9 Å². The van der Waals surface area contributed by atoms with Crippen molar-refractivity contribution in [1.82, 2.24) is 0 Å². The first-order chi connectivity index (χ1) is 13.2. The van der Waals surface area contributed by atoms with E-state index in [9.17, 15) is 15.0 Å². The van der Waals surface area contributed by atoms with Crippen molar-refractivity contribution in [2.75, 3.05) is 21.0 Å². The number of hydrogen-bond donors (Lipinski definition) is 2. The maximum atomic E-state index is 13.0. The Labute approximate surface area is 162 Å². The summed E-state index contributed by atoms with van der Waals surface area (Å²) in [5, 5.41) is 22.9. The van der Waals surface area contributed by atoms with Crippen LogP contribution in [0.25, 0.3) is 0 Å². The van der Waals surface area contributed by atoms with Crippen molar-refractivity contribution in [2.24, 2.45) is 5.92 Å². The average Bonchev–Trinajstić information content (AvgIpc) is 3.17. The molecule has 4 rings (SSSR count). The van der Waals surface area contributed by atoms with Gasteiger partial charge in [-0.15, -0.1) is 0 Å². The number of carbonyl (C=O) groups is 1. The Bertz CT molecular complexity index is 965. The number of aliphatic hydroxyl groups is 2. The van der Waals surface area contributed by atoms with Gasteiger partial charge in [-0.25, -0.2) is 0 Å². The van der Waals surface area contributed by atoms with Crippen molar-refractivity contribution in [3.05, 3.63) is 47.0 Å². The minimum absolute atomic E-state index is 0.102. The fraction of sp³-hybridized carbons (Fsp3) is 0.381. The third kappa shape index (κ3) is 2.33. The molecule has 2 N–H and O–H groups in total. The maximum Gasteiger partial charge on any atom is 0.231 e. The first-order valence-corrected chi connectivity index (χ1v) is 8.91. The van der Waals surface area contributed by atoms with E-state index in [1.54, 1.807) is 31.2 Å². The van der Waals surface area contributed by atoms with Gasteiger partial charge in [0, 0.05) is 17.0 Å². The van der Waals surface area contributed by atoms with Gasteiger partial charge in [0.2, 0.25) is 6.79 Å². The van der Waals surface area contributed by atoms with Crippen LogP contribution >= 0.6 is 0 Å². The highest BCUT2D eigenvalue weighted by atomic mass is 16.7. The number of benzene rings is 2. The molecule has 0 fully saturated rings. The Morgan fingerprint density at radius 3 is 2.36 bits per heavy atom. The topological polar surface area (TPSA) is 94.5 Å². The van der Waals surface area contributed by atoms with E-state index in [1.807, 2.05) is 0 Å². The van der Waals surface area contributed by atoms with Gasteiger partial charge in [0.05, 0.1) is 14.2 Å². The summed E-state index contributed by atoms with van der Waals surface area (Å²) in [6.45, 7) is 3.16. The summed E-state index contributed by atoms with van der Waals surface area (Å²) < 4.78 is 21.5. The van der Waals surface area contributed by atoms with E-state index in [1.165, 1.54) is 27.2 Å². The number of ether oxygens (including phenoxy) is 4. The van der Waals surface area contributed by atoms with Crippen molar-refractivity contribution in [1.29, 1.82) is 0 Å². The first-order valence-electron chi connectivity index (χ1n) is 8.91. The van der Waals surface area contributed by atoms with Crippen LogP contribution in [0.2, 0.25) is 0 Å². The quantitative estimate of drug-likeness (QED) is 0.835. The Hall–Kier alpha value is -2.77. The lowest BCUT2D eigenvalue weighted by Gasteiger charge is -2.47. The largest absolute Gasteiger partial charge is 0.493 e. The molecule has 7 nitrogen and oxygen atoms in total. The molecule has 1 heterocycles. The first kappa shape index (κ1) is 18.6. The molecule has 3 atom stereocenters. The summed E-state index contributed by atoms with van der Waals surface area (Å²) in [6.07, 6.45) is 0. The normalized spacial score (nSPS) is 28.1. The lowest BCUT2D eigenvalue weighted by molar-refractivity contribution is -0.0819. The summed E-state index contributed by atoms with van der Waals surface area (Å²) in [5.74, 6) is 0.456. The second-order valence-electron chi connectivity index (χ2n) is 7.29. The van der Waals surface area contributed by atoms with Crippen LogP contribution in [0.5, 0.6) is 23.0 Å². The minimum Gasteiger partial charge on any atom is -0.493 e. The molecule has 0 unspecified atom stereocenters. The van der Waals surface area contributed by atoms with E-state index in [0.29, 0.717) is 34.1 Å². The molecular weight excluding hydrogens is 364 g/mol. The predicted octanol–water partition coefficient (Wildman–Crippen LogP) is 2.25. The fourth-order valence-corrected chi connectivity index (χ4v) is 4.03. The lowest BCUT2D eigenvalue weighted by Crippen LogP contribution is -2.56. The van der Waals surface area contributed by atoms with Gasteiger partial charge in [-0.2, -0.15) is 0 Å². The standard InChI is InChI=1S/C21H22O7/c1-11-20(2,23)19(22)13-8-16(25-3)17(26-4)9-14(13)21(11,24)12-5-6-15-18(7-12)28-10-27-15/h5-9,11,23-24H,10H2,1-4H3/t11-,20-,21+/m0/s1. The molecule has 0 amide bonds. The van der Waals surface area contributed by atoms with Gasteiger partial charge in [-0.1, -0.05) is 13.0 Å². The fourth-order valence-electron chi connectivity index (χ4n) is 4.03. The van der Waals surface area contributed by atoms with Crippen molar-refractivity contribution in [3.63, 3.8) is 0 Å². The van der Waals surface area contributed by atoms with Crippen LogP contribution in [0.4, 0.5) is 0 Å². The SMILES string of the molecule is COc1cc2c(cc1OC)[C@](O)(c1ccc3c(c1)OCO3)[C@@H](C)[C@](C)(O)C2=O. The predicted molar refractivity (Wildman–Crippen MR) is 99.2 cm³/mol. The highest BCUT2D eigenvalue weighted by Crippen LogP contribution is 2.52. The number of Topliss-reactive ketones (excluding diaryl/α,β-unsaturated/α-hetero) is 1. The summed E-state index contributed by atoms with van der Waals surface area (Å²) in [6, 6.07) is 8.16. The lowest BCUT2D eigenvalue weighted by atomic mass is 9.62. The van der Waals surface area contributed by atoms with Crippen LogP contribution in [-0.2, 0) is 5.60 Å². The highest BCUT2D eigenvalue weighted by molar-refractivity contribution is 6.06. The molecule has 1 aliphatic heterocycles. The number of rotatable bonds is 3. The van der Waals surface area contributed by atoms with Gasteiger partial charge >= 0.3 is 0 Å². The molecule has 148 valence electrons. The monoisotopic (exact) mass is 386 g/mol. The molecule has 2 aromatic rings. The van der Waals surface area contributed by atoms with E-state index in [4.69, 9.17) is 18.9 Å². The van der Waals surface area contributed by atoms with E-state index in [2.05, 4.69) is 0 Å². The molecule has 0 aromatic heterocycles. The maximum absolute atomic E-state index is 13.0. The van der Waals surface area contributed by atoms with E-state index in [0.717, 1.165) is 0 Å². The molecule has 0 saturated heterocycles. The van der Waals surface area contributed by atoms with Crippen molar-refractivity contribution >= 4 is 5.78 Å². The molecule has 7 heteroatoms. The Kier molecular flexibility index (Phi) is 4.06. The van der Waals surface area contributed by atoms with Crippen molar-refractivity contribution in [3.8, 4) is 23.0 Å². The third-order valence-electron chi connectivity index (χ3n) is 5.92. The zero-order chi connectivity index (χ0) is 20.3. The smallest absolute Gasteiger partial charge is 0.231 e. The van der Waals surface area contributed by atoms with Gasteiger partial charge in [-0.05, 0) is 36.8 Å². The van der Waals surface area contributed by atoms with Crippen LogP contribution in [-0.4, -0.2) is 42.6 Å².